The Labute approximate surface area is 183 Å². The van der Waals surface area contributed by atoms with Gasteiger partial charge in [-0.3, -0.25) is 19.3 Å². The highest BCUT2D eigenvalue weighted by atomic mass is 35.5. The molecule has 0 fully saturated rings. The first-order valence-electron chi connectivity index (χ1n) is 9.34. The average Bonchev–Trinajstić information content (AvgIpc) is 3.21. The second kappa shape index (κ2) is 9.46. The number of aryl methyl sites for hydroxylation is 1. The molecule has 8 nitrogen and oxygen atoms in total. The fourth-order valence-electron chi connectivity index (χ4n) is 3.43. The van der Waals surface area contributed by atoms with Crippen LogP contribution in [0.15, 0.2) is 18.2 Å². The number of methoxy groups -OCH3 is 1. The van der Waals surface area contributed by atoms with Crippen LogP contribution in [0.3, 0.4) is 0 Å². The van der Waals surface area contributed by atoms with E-state index in [0.29, 0.717) is 27.0 Å². The highest BCUT2D eigenvalue weighted by molar-refractivity contribution is 7.17. The smallest absolute Gasteiger partial charge is 0.251 e. The van der Waals surface area contributed by atoms with Crippen molar-refractivity contribution in [1.82, 2.24) is 4.90 Å². The molecular weight excluding hydrogens is 428 g/mol. The molecule has 10 heteroatoms. The van der Waals surface area contributed by atoms with Crippen LogP contribution in [-0.2, 0) is 22.4 Å². The molecule has 0 saturated carbocycles. The van der Waals surface area contributed by atoms with Crippen molar-refractivity contribution in [3.63, 3.8) is 0 Å². The number of hydrogen-bond donors (Lipinski definition) is 3. The predicted octanol–water partition coefficient (Wildman–Crippen LogP) is 2.51. The van der Waals surface area contributed by atoms with Gasteiger partial charge in [0.1, 0.15) is 10.8 Å². The zero-order valence-electron chi connectivity index (χ0n) is 16.7. The molecule has 1 heterocycles. The van der Waals surface area contributed by atoms with Gasteiger partial charge in [-0.1, -0.05) is 11.6 Å². The lowest BCUT2D eigenvalue weighted by Crippen LogP contribution is -2.36. The predicted molar refractivity (Wildman–Crippen MR) is 118 cm³/mol. The standard InChI is InChI=1S/C20H23ClN4O4S/c1-25(9-16(26)23-13-8-11(21)6-7-14(13)29-2)10-17(27)24-20-18(19(22)28)12-4-3-5-15(12)30-20/h6-8H,3-5,9-10H2,1-2H3,(H2,22,28)(H,23,26)(H,24,27). The highest BCUT2D eigenvalue weighted by Crippen LogP contribution is 2.38. The molecule has 1 aromatic heterocycles. The van der Waals surface area contributed by atoms with E-state index in [1.807, 2.05) is 0 Å². The summed E-state index contributed by atoms with van der Waals surface area (Å²) in [6.07, 6.45) is 2.68. The number of nitrogens with two attached hydrogens (primary N) is 1. The van der Waals surface area contributed by atoms with Crippen LogP contribution in [0.4, 0.5) is 10.7 Å². The van der Waals surface area contributed by atoms with Crippen LogP contribution in [0.5, 0.6) is 5.75 Å². The SMILES string of the molecule is COc1ccc(Cl)cc1NC(=O)CN(C)CC(=O)Nc1sc2c(c1C(N)=O)CCC2. The first kappa shape index (κ1) is 22.1. The average molecular weight is 451 g/mol. The van der Waals surface area contributed by atoms with Gasteiger partial charge in [-0.15, -0.1) is 11.3 Å². The lowest BCUT2D eigenvalue weighted by molar-refractivity contribution is -0.119. The van der Waals surface area contributed by atoms with E-state index in [9.17, 15) is 14.4 Å². The number of carbonyl (C=O) groups excluding carboxylic acids is 3. The number of nitrogens with one attached hydrogen (secondary N) is 2. The van der Waals surface area contributed by atoms with E-state index in [2.05, 4.69) is 10.6 Å². The zero-order chi connectivity index (χ0) is 21.8. The summed E-state index contributed by atoms with van der Waals surface area (Å²) in [6.45, 7) is -0.0480. The van der Waals surface area contributed by atoms with Crippen LogP contribution >= 0.6 is 22.9 Å². The number of amides is 3. The lowest BCUT2D eigenvalue weighted by atomic mass is 10.1. The molecule has 1 aromatic carbocycles. The summed E-state index contributed by atoms with van der Waals surface area (Å²) < 4.78 is 5.21. The molecule has 0 unspecified atom stereocenters. The minimum atomic E-state index is -0.534. The van der Waals surface area contributed by atoms with Crippen molar-refractivity contribution in [3.05, 3.63) is 39.2 Å². The summed E-state index contributed by atoms with van der Waals surface area (Å²) in [4.78, 5) is 39.3. The number of primary amides is 1. The van der Waals surface area contributed by atoms with Crippen LogP contribution in [0.2, 0.25) is 5.02 Å². The summed E-state index contributed by atoms with van der Waals surface area (Å²) in [5.41, 5.74) is 7.33. The van der Waals surface area contributed by atoms with Gasteiger partial charge < -0.3 is 21.1 Å². The second-order valence-corrected chi connectivity index (χ2v) is 8.58. The number of fused-ring (bicyclic) bond motifs is 1. The molecule has 0 spiro atoms. The normalized spacial score (nSPS) is 12.5. The molecule has 1 aliphatic rings. The van der Waals surface area contributed by atoms with Crippen LogP contribution < -0.4 is 21.1 Å². The Bertz CT molecular complexity index is 991. The third-order valence-corrected chi connectivity index (χ3v) is 6.13. The molecule has 0 radical (unpaired) electrons. The molecule has 0 saturated heterocycles. The van der Waals surface area contributed by atoms with Gasteiger partial charge in [0, 0.05) is 9.90 Å². The number of benzene rings is 1. The van der Waals surface area contributed by atoms with Crippen LogP contribution in [0.1, 0.15) is 27.2 Å². The second-order valence-electron chi connectivity index (χ2n) is 7.04. The number of hydrogen-bond acceptors (Lipinski definition) is 6. The molecule has 160 valence electrons. The molecule has 0 bridgehead atoms. The Morgan fingerprint density at radius 2 is 1.90 bits per heavy atom. The molecule has 3 amide bonds. The fourth-order valence-corrected chi connectivity index (χ4v) is 4.92. The summed E-state index contributed by atoms with van der Waals surface area (Å²) >= 11 is 7.37. The van der Waals surface area contributed by atoms with Gasteiger partial charge in [0.15, 0.2) is 0 Å². The number of halogens is 1. The Hall–Kier alpha value is -2.62. The van der Waals surface area contributed by atoms with Gasteiger partial charge in [0.2, 0.25) is 11.8 Å². The summed E-state index contributed by atoms with van der Waals surface area (Å²) in [7, 11) is 3.15. The van der Waals surface area contributed by atoms with Crippen molar-refractivity contribution >= 4 is 51.3 Å². The molecule has 3 rings (SSSR count). The van der Waals surface area contributed by atoms with Gasteiger partial charge in [0.25, 0.3) is 5.91 Å². The van der Waals surface area contributed by atoms with E-state index >= 15 is 0 Å². The Kier molecular flexibility index (Phi) is 6.96. The lowest BCUT2D eigenvalue weighted by Gasteiger charge is -2.17. The largest absolute Gasteiger partial charge is 0.495 e. The van der Waals surface area contributed by atoms with Crippen molar-refractivity contribution in [3.8, 4) is 5.75 Å². The van der Waals surface area contributed by atoms with Gasteiger partial charge in [0.05, 0.1) is 31.5 Å². The van der Waals surface area contributed by atoms with Gasteiger partial charge in [-0.05, 0) is 50.1 Å². The molecule has 0 aliphatic heterocycles. The van der Waals surface area contributed by atoms with Crippen molar-refractivity contribution in [1.29, 1.82) is 0 Å². The number of nitrogens with zero attached hydrogens (tertiary/aromatic N) is 1. The number of carbonyl (C=O) groups is 3. The van der Waals surface area contributed by atoms with Crippen molar-refractivity contribution < 1.29 is 19.1 Å². The molecule has 30 heavy (non-hydrogen) atoms. The number of ether oxygens (including phenoxy) is 1. The van der Waals surface area contributed by atoms with Crippen molar-refractivity contribution in [2.45, 2.75) is 19.3 Å². The van der Waals surface area contributed by atoms with Crippen molar-refractivity contribution in [2.24, 2.45) is 5.73 Å². The fraction of sp³-hybridized carbons (Fsp3) is 0.350. The maximum atomic E-state index is 12.4. The topological polar surface area (TPSA) is 114 Å². The molecule has 1 aliphatic carbocycles. The Morgan fingerprint density at radius 1 is 1.20 bits per heavy atom. The monoisotopic (exact) mass is 450 g/mol. The molecule has 2 aromatic rings. The van der Waals surface area contributed by atoms with E-state index < -0.39 is 5.91 Å². The van der Waals surface area contributed by atoms with E-state index in [1.54, 1.807) is 30.1 Å². The van der Waals surface area contributed by atoms with E-state index in [-0.39, 0.29) is 24.9 Å². The number of rotatable bonds is 8. The summed E-state index contributed by atoms with van der Waals surface area (Å²) in [5, 5.41) is 6.44. The maximum absolute atomic E-state index is 12.4. The minimum Gasteiger partial charge on any atom is -0.495 e. The number of anilines is 2. The van der Waals surface area contributed by atoms with Crippen LogP contribution in [-0.4, -0.2) is 49.9 Å². The van der Waals surface area contributed by atoms with Crippen molar-refractivity contribution in [2.75, 3.05) is 37.9 Å². The van der Waals surface area contributed by atoms with E-state index in [0.717, 1.165) is 29.7 Å². The third-order valence-electron chi connectivity index (χ3n) is 4.68. The third kappa shape index (κ3) is 5.10. The maximum Gasteiger partial charge on any atom is 0.251 e. The minimum absolute atomic E-state index is 0.0211. The molecular formula is C20H23ClN4O4S. The van der Waals surface area contributed by atoms with E-state index in [4.69, 9.17) is 22.1 Å². The first-order chi connectivity index (χ1) is 14.3. The van der Waals surface area contributed by atoms with Crippen LogP contribution in [0, 0.1) is 0 Å². The quantitative estimate of drug-likeness (QED) is 0.571. The summed E-state index contributed by atoms with van der Waals surface area (Å²) in [5.74, 6) is -0.697. The molecule has 0 atom stereocenters. The first-order valence-corrected chi connectivity index (χ1v) is 10.5. The Morgan fingerprint density at radius 3 is 2.57 bits per heavy atom. The van der Waals surface area contributed by atoms with Gasteiger partial charge >= 0.3 is 0 Å². The van der Waals surface area contributed by atoms with Gasteiger partial charge in [-0.25, -0.2) is 0 Å². The Balaban J connectivity index is 1.57. The van der Waals surface area contributed by atoms with Gasteiger partial charge in [-0.2, -0.15) is 0 Å². The highest BCUT2D eigenvalue weighted by Gasteiger charge is 2.26. The van der Waals surface area contributed by atoms with E-state index in [1.165, 1.54) is 18.4 Å². The number of thiophene rings is 1. The molecule has 4 N–H and O–H groups in total. The van der Waals surface area contributed by atoms with Crippen LogP contribution in [0.25, 0.3) is 0 Å². The zero-order valence-corrected chi connectivity index (χ0v) is 18.3. The summed E-state index contributed by atoms with van der Waals surface area (Å²) in [6, 6.07) is 4.91. The number of likely N-dealkylation sites (N-methyl/N-ethyl adjacent to an activating group) is 1.